The maximum Gasteiger partial charge on any atom is 0.238 e. The van der Waals surface area contributed by atoms with Crippen LogP contribution in [0.15, 0.2) is 24.3 Å². The van der Waals surface area contributed by atoms with Gasteiger partial charge in [-0.1, -0.05) is 17.7 Å². The summed E-state index contributed by atoms with van der Waals surface area (Å²) in [5, 5.41) is 0. The molecule has 0 atom stereocenters. The van der Waals surface area contributed by atoms with E-state index in [1.807, 2.05) is 31.2 Å². The van der Waals surface area contributed by atoms with Gasteiger partial charge in [-0.25, -0.2) is 12.7 Å². The van der Waals surface area contributed by atoms with Crippen molar-refractivity contribution in [2.75, 3.05) is 13.3 Å². The zero-order valence-electron chi connectivity index (χ0n) is 8.98. The lowest BCUT2D eigenvalue weighted by molar-refractivity contribution is 0.554. The average molecular weight is 223 g/mol. The summed E-state index contributed by atoms with van der Waals surface area (Å²) < 4.78 is 23.1. The minimum absolute atomic E-state index is 0.802. The van der Waals surface area contributed by atoms with Crippen LogP contribution in [0.2, 0.25) is 0 Å². The van der Waals surface area contributed by atoms with Crippen LogP contribution < -0.4 is 0 Å². The molecule has 0 saturated heterocycles. The van der Waals surface area contributed by atoms with E-state index in [4.69, 9.17) is 0 Å². The lowest BCUT2D eigenvalue weighted by atomic mass is 10.2. The Morgan fingerprint density at radius 1 is 1.20 bits per heavy atom. The summed E-state index contributed by atoms with van der Waals surface area (Å²) in [4.78, 5) is 0. The van der Waals surface area contributed by atoms with Gasteiger partial charge in [0.05, 0.1) is 6.26 Å². The summed E-state index contributed by atoms with van der Waals surface area (Å²) in [6.45, 7) is 1.99. The van der Waals surface area contributed by atoms with Gasteiger partial charge in [-0.15, -0.1) is 0 Å². The normalized spacial score (nSPS) is 10.3. The molecule has 0 heterocycles. The van der Waals surface area contributed by atoms with Crippen LogP contribution in [0, 0.1) is 18.9 Å². The molecule has 80 valence electrons. The van der Waals surface area contributed by atoms with Crippen LogP contribution in [-0.4, -0.2) is 26.0 Å². The lowest BCUT2D eigenvalue weighted by Gasteiger charge is -2.05. The van der Waals surface area contributed by atoms with Crippen LogP contribution in [-0.2, 0) is 10.0 Å². The Kier molecular flexibility index (Phi) is 3.38. The second kappa shape index (κ2) is 4.37. The molecule has 3 nitrogen and oxygen atoms in total. The predicted octanol–water partition coefficient (Wildman–Crippen LogP) is 1.20. The SMILES string of the molecule is Cc1ccc(C#CN(C)S(C)(=O)=O)cc1. The summed E-state index contributed by atoms with van der Waals surface area (Å²) in [6.07, 6.45) is 1.12. The Hall–Kier alpha value is -1.47. The Labute approximate surface area is 90.8 Å². The van der Waals surface area contributed by atoms with Crippen molar-refractivity contribution in [3.63, 3.8) is 0 Å². The van der Waals surface area contributed by atoms with Crippen LogP contribution >= 0.6 is 0 Å². The topological polar surface area (TPSA) is 37.4 Å². The number of rotatable bonds is 1. The second-order valence-corrected chi connectivity index (χ2v) is 5.35. The summed E-state index contributed by atoms with van der Waals surface area (Å²) in [5.74, 6) is 2.77. The molecule has 1 aromatic rings. The Morgan fingerprint density at radius 3 is 2.20 bits per heavy atom. The largest absolute Gasteiger partial charge is 0.238 e. The molecule has 1 rings (SSSR count). The van der Waals surface area contributed by atoms with Gasteiger partial charge < -0.3 is 0 Å². The fourth-order valence-electron chi connectivity index (χ4n) is 0.863. The number of benzene rings is 1. The molecule has 0 radical (unpaired) electrons. The van der Waals surface area contributed by atoms with Crippen molar-refractivity contribution in [2.45, 2.75) is 6.92 Å². The highest BCUT2D eigenvalue weighted by molar-refractivity contribution is 7.88. The van der Waals surface area contributed by atoms with Gasteiger partial charge in [-0.3, -0.25) is 0 Å². The maximum atomic E-state index is 11.0. The average Bonchev–Trinajstić information content (AvgIpc) is 2.15. The Morgan fingerprint density at radius 2 is 1.73 bits per heavy atom. The molecule has 0 fully saturated rings. The van der Waals surface area contributed by atoms with E-state index >= 15 is 0 Å². The third-order valence-electron chi connectivity index (χ3n) is 1.91. The molecular formula is C11H13NO2S. The maximum absolute atomic E-state index is 11.0. The third-order valence-corrected chi connectivity index (χ3v) is 2.99. The van der Waals surface area contributed by atoms with Gasteiger partial charge in [0.1, 0.15) is 0 Å². The molecule has 0 bridgehead atoms. The molecule has 0 aliphatic rings. The fraction of sp³-hybridized carbons (Fsp3) is 0.273. The van der Waals surface area contributed by atoms with Crippen molar-refractivity contribution in [3.05, 3.63) is 35.4 Å². The molecule has 0 amide bonds. The van der Waals surface area contributed by atoms with Crippen molar-refractivity contribution >= 4 is 10.0 Å². The van der Waals surface area contributed by atoms with Gasteiger partial charge in [-0.2, -0.15) is 0 Å². The first kappa shape index (κ1) is 11.6. The van der Waals surface area contributed by atoms with Gasteiger partial charge >= 0.3 is 0 Å². The van der Waals surface area contributed by atoms with Crippen molar-refractivity contribution in [2.24, 2.45) is 0 Å². The van der Waals surface area contributed by atoms with Gasteiger partial charge in [0.25, 0.3) is 0 Å². The number of sulfonamides is 1. The van der Waals surface area contributed by atoms with E-state index in [0.29, 0.717) is 0 Å². The lowest BCUT2D eigenvalue weighted by Crippen LogP contribution is -2.19. The highest BCUT2D eigenvalue weighted by atomic mass is 32.2. The molecule has 4 heteroatoms. The van der Waals surface area contributed by atoms with Crippen LogP contribution in [0.3, 0.4) is 0 Å². The van der Waals surface area contributed by atoms with E-state index in [2.05, 4.69) is 12.0 Å². The second-order valence-electron chi connectivity index (χ2n) is 3.33. The molecule has 0 spiro atoms. The minimum Gasteiger partial charge on any atom is -0.232 e. The van der Waals surface area contributed by atoms with E-state index in [9.17, 15) is 8.42 Å². The first-order valence-corrected chi connectivity index (χ1v) is 6.26. The van der Waals surface area contributed by atoms with Gasteiger partial charge in [0, 0.05) is 18.7 Å². The van der Waals surface area contributed by atoms with E-state index < -0.39 is 10.0 Å². The summed E-state index contributed by atoms with van der Waals surface area (Å²) >= 11 is 0. The standard InChI is InChI=1S/C11H13NO2S/c1-10-4-6-11(7-5-10)8-9-12(2)15(3,13)14/h4-7H,1-3H3. The number of aryl methyl sites for hydroxylation is 1. The van der Waals surface area contributed by atoms with E-state index in [-0.39, 0.29) is 0 Å². The predicted molar refractivity (Wildman–Crippen MR) is 60.7 cm³/mol. The van der Waals surface area contributed by atoms with Crippen LogP contribution in [0.25, 0.3) is 0 Å². The number of nitrogens with zero attached hydrogens (tertiary/aromatic N) is 1. The monoisotopic (exact) mass is 223 g/mol. The highest BCUT2D eigenvalue weighted by Crippen LogP contribution is 2.01. The molecule has 0 aliphatic heterocycles. The van der Waals surface area contributed by atoms with Crippen LogP contribution in [0.5, 0.6) is 0 Å². The zero-order valence-corrected chi connectivity index (χ0v) is 9.80. The molecule has 0 N–H and O–H groups in total. The fourth-order valence-corrected chi connectivity index (χ4v) is 1.07. The van der Waals surface area contributed by atoms with E-state index in [1.165, 1.54) is 7.05 Å². The van der Waals surface area contributed by atoms with Crippen LogP contribution in [0.1, 0.15) is 11.1 Å². The smallest absolute Gasteiger partial charge is 0.232 e. The highest BCUT2D eigenvalue weighted by Gasteiger charge is 2.04. The quantitative estimate of drug-likeness (QED) is 0.530. The van der Waals surface area contributed by atoms with Crippen molar-refractivity contribution < 1.29 is 8.42 Å². The molecule has 0 aliphatic carbocycles. The minimum atomic E-state index is -3.22. The van der Waals surface area contributed by atoms with E-state index in [0.717, 1.165) is 21.7 Å². The molecule has 1 aromatic carbocycles. The number of hydrogen-bond acceptors (Lipinski definition) is 2. The zero-order chi connectivity index (χ0) is 11.5. The van der Waals surface area contributed by atoms with Gasteiger partial charge in [0.2, 0.25) is 10.0 Å². The molecular weight excluding hydrogens is 210 g/mol. The van der Waals surface area contributed by atoms with E-state index in [1.54, 1.807) is 0 Å². The van der Waals surface area contributed by atoms with Crippen molar-refractivity contribution in [1.82, 2.24) is 4.31 Å². The molecule has 0 unspecified atom stereocenters. The Balaban J connectivity index is 2.87. The van der Waals surface area contributed by atoms with Gasteiger partial charge in [-0.05, 0) is 25.0 Å². The first-order valence-electron chi connectivity index (χ1n) is 4.42. The van der Waals surface area contributed by atoms with Crippen molar-refractivity contribution in [3.8, 4) is 12.0 Å². The third kappa shape index (κ3) is 3.64. The molecule has 15 heavy (non-hydrogen) atoms. The Bertz CT molecular complexity index is 492. The van der Waals surface area contributed by atoms with Crippen LogP contribution in [0.4, 0.5) is 0 Å². The molecule has 0 aromatic heterocycles. The summed E-state index contributed by atoms with van der Waals surface area (Å²) in [6, 6.07) is 10.1. The molecule has 0 saturated carbocycles. The van der Waals surface area contributed by atoms with Gasteiger partial charge in [0.15, 0.2) is 0 Å². The van der Waals surface area contributed by atoms with Crippen molar-refractivity contribution in [1.29, 1.82) is 0 Å². The first-order chi connectivity index (χ1) is 6.89. The summed E-state index contributed by atoms with van der Waals surface area (Å²) in [5.41, 5.74) is 1.95. The summed E-state index contributed by atoms with van der Waals surface area (Å²) in [7, 11) is -1.79. The number of hydrogen-bond donors (Lipinski definition) is 0.